The fraction of sp³-hybridized carbons (Fsp3) is 0.588. The number of nitrogens with zero attached hydrogens (tertiary/aromatic N) is 1. The maximum absolute atomic E-state index is 13.2. The van der Waals surface area contributed by atoms with E-state index in [4.69, 9.17) is 11.6 Å². The number of halogens is 1. The van der Waals surface area contributed by atoms with Crippen LogP contribution in [0.4, 0.5) is 0 Å². The summed E-state index contributed by atoms with van der Waals surface area (Å²) in [6, 6.07) is 7.32. The summed E-state index contributed by atoms with van der Waals surface area (Å²) in [4.78, 5) is 14.9. The molecule has 6 heteroatoms. The molecule has 2 aliphatic rings. The van der Waals surface area contributed by atoms with Crippen molar-refractivity contribution in [3.8, 4) is 0 Å². The van der Waals surface area contributed by atoms with E-state index in [-0.39, 0.29) is 23.5 Å². The standard InChI is InChI=1S/C17H22ClNO3S/c1-19(15-8-11-23(21,22)12-15)16(20)17(9-2-3-10-17)13-4-6-14(18)7-5-13/h4-7,15H,2-3,8-12H2,1H3. The van der Waals surface area contributed by atoms with E-state index >= 15 is 0 Å². The minimum Gasteiger partial charge on any atom is -0.341 e. The van der Waals surface area contributed by atoms with Crippen LogP contribution in [0.25, 0.3) is 0 Å². The lowest BCUT2D eigenvalue weighted by atomic mass is 9.77. The summed E-state index contributed by atoms with van der Waals surface area (Å²) in [5.74, 6) is 0.328. The van der Waals surface area contributed by atoms with E-state index in [0.717, 1.165) is 31.2 Å². The Morgan fingerprint density at radius 1 is 1.22 bits per heavy atom. The van der Waals surface area contributed by atoms with Crippen molar-refractivity contribution in [2.45, 2.75) is 43.6 Å². The van der Waals surface area contributed by atoms with Gasteiger partial charge in [0.05, 0.1) is 16.9 Å². The highest BCUT2D eigenvalue weighted by atomic mass is 35.5. The molecule has 126 valence electrons. The van der Waals surface area contributed by atoms with Crippen molar-refractivity contribution in [3.05, 3.63) is 34.9 Å². The summed E-state index contributed by atoms with van der Waals surface area (Å²) >= 11 is 5.98. The number of hydrogen-bond donors (Lipinski definition) is 0. The predicted octanol–water partition coefficient (Wildman–Crippen LogP) is 2.80. The first-order valence-electron chi connectivity index (χ1n) is 8.08. The Kier molecular flexibility index (Phi) is 4.45. The van der Waals surface area contributed by atoms with Gasteiger partial charge in [0.15, 0.2) is 9.84 Å². The van der Waals surface area contributed by atoms with Crippen LogP contribution in [-0.2, 0) is 20.0 Å². The number of hydrogen-bond acceptors (Lipinski definition) is 3. The summed E-state index contributed by atoms with van der Waals surface area (Å²) < 4.78 is 23.4. The van der Waals surface area contributed by atoms with Crippen LogP contribution in [0.3, 0.4) is 0 Å². The monoisotopic (exact) mass is 355 g/mol. The Labute approximate surface area is 142 Å². The number of benzene rings is 1. The molecular weight excluding hydrogens is 334 g/mol. The van der Waals surface area contributed by atoms with Gasteiger partial charge in [-0.2, -0.15) is 0 Å². The Balaban J connectivity index is 1.89. The number of sulfone groups is 1. The highest BCUT2D eigenvalue weighted by Crippen LogP contribution is 2.43. The predicted molar refractivity (Wildman–Crippen MR) is 91.4 cm³/mol. The second kappa shape index (κ2) is 6.10. The second-order valence-corrected chi connectivity index (χ2v) is 9.43. The van der Waals surface area contributed by atoms with Gasteiger partial charge >= 0.3 is 0 Å². The van der Waals surface area contributed by atoms with Crippen LogP contribution in [0.5, 0.6) is 0 Å². The van der Waals surface area contributed by atoms with Gasteiger partial charge in [-0.25, -0.2) is 8.42 Å². The second-order valence-electron chi connectivity index (χ2n) is 6.77. The molecule has 1 heterocycles. The quantitative estimate of drug-likeness (QED) is 0.837. The van der Waals surface area contributed by atoms with Crippen LogP contribution in [-0.4, -0.2) is 43.8 Å². The molecule has 2 fully saturated rings. The van der Waals surface area contributed by atoms with E-state index in [2.05, 4.69) is 0 Å². The summed E-state index contributed by atoms with van der Waals surface area (Å²) in [5, 5.41) is 0.657. The number of carbonyl (C=O) groups is 1. The summed E-state index contributed by atoms with van der Waals surface area (Å²) in [6.07, 6.45) is 4.21. The van der Waals surface area contributed by atoms with Crippen molar-refractivity contribution in [1.82, 2.24) is 4.90 Å². The normalized spacial score (nSPS) is 25.4. The molecular formula is C17H22ClNO3S. The van der Waals surface area contributed by atoms with E-state index < -0.39 is 15.3 Å². The van der Waals surface area contributed by atoms with Gasteiger partial charge in [0, 0.05) is 18.1 Å². The molecule has 1 saturated carbocycles. The molecule has 1 aliphatic heterocycles. The van der Waals surface area contributed by atoms with Crippen LogP contribution < -0.4 is 0 Å². The maximum atomic E-state index is 13.2. The fourth-order valence-corrected chi connectivity index (χ4v) is 5.86. The van der Waals surface area contributed by atoms with Gasteiger partial charge in [0.2, 0.25) is 5.91 Å². The highest BCUT2D eigenvalue weighted by molar-refractivity contribution is 7.91. The molecule has 23 heavy (non-hydrogen) atoms. The molecule has 1 aromatic rings. The number of carbonyl (C=O) groups excluding carboxylic acids is 1. The zero-order valence-electron chi connectivity index (χ0n) is 13.3. The van der Waals surface area contributed by atoms with Crippen molar-refractivity contribution in [2.75, 3.05) is 18.6 Å². The van der Waals surface area contributed by atoms with E-state index in [0.29, 0.717) is 11.4 Å². The van der Waals surface area contributed by atoms with E-state index in [1.165, 1.54) is 0 Å². The minimum atomic E-state index is -3.00. The molecule has 1 saturated heterocycles. The van der Waals surface area contributed by atoms with Crippen LogP contribution >= 0.6 is 11.6 Å². The first kappa shape index (κ1) is 16.8. The van der Waals surface area contributed by atoms with Crippen molar-refractivity contribution in [1.29, 1.82) is 0 Å². The van der Waals surface area contributed by atoms with Crippen molar-refractivity contribution in [3.63, 3.8) is 0 Å². The summed E-state index contributed by atoms with van der Waals surface area (Å²) in [6.45, 7) is 0. The Bertz CT molecular complexity index is 693. The molecule has 0 N–H and O–H groups in total. The van der Waals surface area contributed by atoms with Gasteiger partial charge in [-0.15, -0.1) is 0 Å². The molecule has 1 unspecified atom stereocenters. The molecule has 4 nitrogen and oxygen atoms in total. The Morgan fingerprint density at radius 2 is 1.83 bits per heavy atom. The van der Waals surface area contributed by atoms with E-state index in [9.17, 15) is 13.2 Å². The first-order valence-corrected chi connectivity index (χ1v) is 10.3. The zero-order chi connectivity index (χ0) is 16.7. The van der Waals surface area contributed by atoms with E-state index in [1.807, 2.05) is 24.3 Å². The topological polar surface area (TPSA) is 54.5 Å². The van der Waals surface area contributed by atoms with Gasteiger partial charge in [0.1, 0.15) is 0 Å². The third-order valence-electron chi connectivity index (χ3n) is 5.34. The minimum absolute atomic E-state index is 0.0550. The largest absolute Gasteiger partial charge is 0.341 e. The third-order valence-corrected chi connectivity index (χ3v) is 7.34. The van der Waals surface area contributed by atoms with Gasteiger partial charge in [-0.3, -0.25) is 4.79 Å². The van der Waals surface area contributed by atoms with Gasteiger partial charge < -0.3 is 4.90 Å². The van der Waals surface area contributed by atoms with Crippen molar-refractivity contribution < 1.29 is 13.2 Å². The molecule has 1 aliphatic carbocycles. The SMILES string of the molecule is CN(C(=O)C1(c2ccc(Cl)cc2)CCCC1)C1CCS(=O)(=O)C1. The molecule has 1 aromatic carbocycles. The van der Waals surface area contributed by atoms with Crippen LogP contribution in [0.15, 0.2) is 24.3 Å². The van der Waals surface area contributed by atoms with Crippen molar-refractivity contribution >= 4 is 27.3 Å². The van der Waals surface area contributed by atoms with Crippen LogP contribution in [0, 0.1) is 0 Å². The molecule has 0 bridgehead atoms. The van der Waals surface area contributed by atoms with Gasteiger partial charge in [-0.05, 0) is 37.0 Å². The number of amides is 1. The maximum Gasteiger partial charge on any atom is 0.233 e. The zero-order valence-corrected chi connectivity index (χ0v) is 14.9. The molecule has 1 amide bonds. The van der Waals surface area contributed by atoms with Crippen LogP contribution in [0.1, 0.15) is 37.7 Å². The molecule has 0 aromatic heterocycles. The van der Waals surface area contributed by atoms with E-state index in [1.54, 1.807) is 11.9 Å². The lowest BCUT2D eigenvalue weighted by molar-refractivity contribution is -0.137. The average Bonchev–Trinajstić information content (AvgIpc) is 3.14. The third kappa shape index (κ3) is 3.13. The first-order chi connectivity index (χ1) is 10.8. The molecule has 0 spiro atoms. The number of rotatable bonds is 3. The molecule has 1 atom stereocenters. The fourth-order valence-electron chi connectivity index (χ4n) is 3.96. The summed E-state index contributed by atoms with van der Waals surface area (Å²) in [5.41, 5.74) is 0.475. The summed E-state index contributed by atoms with van der Waals surface area (Å²) in [7, 11) is -1.25. The van der Waals surface area contributed by atoms with Gasteiger partial charge in [0.25, 0.3) is 0 Å². The van der Waals surface area contributed by atoms with Crippen LogP contribution in [0.2, 0.25) is 5.02 Å². The lowest BCUT2D eigenvalue weighted by Crippen LogP contribution is -2.48. The molecule has 0 radical (unpaired) electrons. The Hall–Kier alpha value is -1.07. The van der Waals surface area contributed by atoms with Gasteiger partial charge in [-0.1, -0.05) is 36.6 Å². The Morgan fingerprint density at radius 3 is 2.35 bits per heavy atom. The smallest absolute Gasteiger partial charge is 0.233 e. The lowest BCUT2D eigenvalue weighted by Gasteiger charge is -2.35. The average molecular weight is 356 g/mol. The van der Waals surface area contributed by atoms with Crippen molar-refractivity contribution in [2.24, 2.45) is 0 Å². The molecule has 3 rings (SSSR count). The number of likely N-dealkylation sites (N-methyl/N-ethyl adjacent to an activating group) is 1. The highest BCUT2D eigenvalue weighted by Gasteiger charge is 2.46.